The van der Waals surface area contributed by atoms with Gasteiger partial charge in [0.2, 0.25) is 5.91 Å². The highest BCUT2D eigenvalue weighted by atomic mass is 35.5. The summed E-state index contributed by atoms with van der Waals surface area (Å²) in [5.41, 5.74) is 2.76. The highest BCUT2D eigenvalue weighted by molar-refractivity contribution is 6.30. The van der Waals surface area contributed by atoms with Crippen LogP contribution in [-0.2, 0) is 9.59 Å². The van der Waals surface area contributed by atoms with Crippen LogP contribution in [0.4, 0.5) is 0 Å². The van der Waals surface area contributed by atoms with Gasteiger partial charge in [-0.25, -0.2) is 0 Å². The number of carboxylic acid groups (broad SMARTS) is 1. The molecule has 1 saturated heterocycles. The number of nitrogens with zero attached hydrogens (tertiary/aromatic N) is 1. The molecule has 2 atom stereocenters. The second kappa shape index (κ2) is 11.8. The quantitative estimate of drug-likeness (QED) is 0.340. The molecule has 1 unspecified atom stereocenters. The van der Waals surface area contributed by atoms with Crippen LogP contribution >= 0.6 is 11.6 Å². The van der Waals surface area contributed by atoms with Gasteiger partial charge in [0.15, 0.2) is 0 Å². The molecule has 0 radical (unpaired) electrons. The number of hydrogen-bond acceptors (Lipinski definition) is 3. The maximum Gasteiger partial charge on any atom is 0.303 e. The summed E-state index contributed by atoms with van der Waals surface area (Å²) in [6.07, 6.45) is 7.72. The number of aliphatic hydroxyl groups is 1. The number of carboxylic acids is 1. The molecule has 1 aliphatic rings. The third-order valence-corrected chi connectivity index (χ3v) is 6.05. The van der Waals surface area contributed by atoms with Crippen LogP contribution in [0.2, 0.25) is 5.02 Å². The van der Waals surface area contributed by atoms with E-state index in [2.05, 4.69) is 0 Å². The number of hydrogen-bond donors (Lipinski definition) is 2. The van der Waals surface area contributed by atoms with Gasteiger partial charge in [-0.2, -0.15) is 0 Å². The largest absolute Gasteiger partial charge is 0.481 e. The van der Waals surface area contributed by atoms with E-state index in [9.17, 15) is 14.7 Å². The van der Waals surface area contributed by atoms with Gasteiger partial charge in [0.1, 0.15) is 0 Å². The van der Waals surface area contributed by atoms with Crippen molar-refractivity contribution in [3.63, 3.8) is 0 Å². The van der Waals surface area contributed by atoms with Crippen LogP contribution in [-0.4, -0.2) is 39.6 Å². The molecule has 1 fully saturated rings. The minimum atomic E-state index is -0.762. The van der Waals surface area contributed by atoms with Crippen molar-refractivity contribution in [1.82, 2.24) is 4.90 Å². The molecule has 1 heterocycles. The second-order valence-electron chi connectivity index (χ2n) is 8.22. The average molecular weight is 456 g/mol. The molecule has 2 N–H and O–H groups in total. The molecule has 0 aromatic heterocycles. The summed E-state index contributed by atoms with van der Waals surface area (Å²) < 4.78 is 0. The lowest BCUT2D eigenvalue weighted by molar-refractivity contribution is -0.137. The highest BCUT2D eigenvalue weighted by Crippen LogP contribution is 2.27. The number of unbranched alkanes of at least 4 members (excludes halogenated alkanes) is 3. The van der Waals surface area contributed by atoms with Crippen LogP contribution in [0.5, 0.6) is 0 Å². The Balaban J connectivity index is 1.57. The minimum Gasteiger partial charge on any atom is -0.481 e. The number of carbonyl (C=O) groups is 2. The van der Waals surface area contributed by atoms with Gasteiger partial charge in [-0.05, 0) is 54.2 Å². The average Bonchev–Trinajstić information content (AvgIpc) is 3.13. The maximum atomic E-state index is 12.3. The van der Waals surface area contributed by atoms with E-state index < -0.39 is 12.1 Å². The molecule has 3 rings (SSSR count). The predicted octanol–water partition coefficient (Wildman–Crippen LogP) is 5.62. The molecule has 0 aliphatic carbocycles. The molecule has 0 spiro atoms. The van der Waals surface area contributed by atoms with Crippen molar-refractivity contribution in [2.45, 2.75) is 57.1 Å². The normalized spacial score (nSPS) is 17.2. The molecule has 170 valence electrons. The number of amides is 1. The standard InChI is InChI=1S/C26H30ClNO4/c27-22-10-6-8-20(18-22)19-7-5-9-21(17-19)24(29)14-12-23-13-15-25(30)28(23)16-4-2-1-3-11-26(31)32/h5-10,12,14,17-18,23-24,29H,1-4,11,13,15-16H2,(H,31,32)/t23?,24-/m1/s1. The number of aliphatic hydroxyl groups excluding tert-OH is 1. The van der Waals surface area contributed by atoms with Gasteiger partial charge < -0.3 is 15.1 Å². The van der Waals surface area contributed by atoms with E-state index in [0.29, 0.717) is 24.4 Å². The lowest BCUT2D eigenvalue weighted by Gasteiger charge is -2.22. The summed E-state index contributed by atoms with van der Waals surface area (Å²) in [4.78, 5) is 24.7. The maximum absolute atomic E-state index is 12.3. The molecular weight excluding hydrogens is 426 g/mol. The third-order valence-electron chi connectivity index (χ3n) is 5.82. The molecule has 1 amide bonds. The van der Waals surface area contributed by atoms with Crippen LogP contribution in [0.1, 0.15) is 56.6 Å². The van der Waals surface area contributed by atoms with Crippen molar-refractivity contribution in [3.8, 4) is 11.1 Å². The molecule has 5 nitrogen and oxygen atoms in total. The van der Waals surface area contributed by atoms with E-state index in [1.54, 1.807) is 6.08 Å². The van der Waals surface area contributed by atoms with Gasteiger partial charge in [-0.3, -0.25) is 9.59 Å². The zero-order valence-electron chi connectivity index (χ0n) is 18.1. The number of rotatable bonds is 11. The predicted molar refractivity (Wildman–Crippen MR) is 126 cm³/mol. The molecule has 1 aliphatic heterocycles. The summed E-state index contributed by atoms with van der Waals surface area (Å²) in [5, 5.41) is 20.1. The fourth-order valence-electron chi connectivity index (χ4n) is 4.07. The fourth-order valence-corrected chi connectivity index (χ4v) is 4.26. The van der Waals surface area contributed by atoms with Crippen molar-refractivity contribution < 1.29 is 19.8 Å². The second-order valence-corrected chi connectivity index (χ2v) is 8.65. The van der Waals surface area contributed by atoms with E-state index in [1.807, 2.05) is 59.5 Å². The summed E-state index contributed by atoms with van der Waals surface area (Å²) >= 11 is 6.10. The Hall–Kier alpha value is -2.63. The number of halogens is 1. The Labute approximate surface area is 194 Å². The van der Waals surface area contributed by atoms with Crippen molar-refractivity contribution in [2.24, 2.45) is 0 Å². The Bertz CT molecular complexity index is 958. The smallest absolute Gasteiger partial charge is 0.303 e. The van der Waals surface area contributed by atoms with Crippen LogP contribution in [0.25, 0.3) is 11.1 Å². The zero-order valence-corrected chi connectivity index (χ0v) is 18.9. The molecule has 2 aromatic rings. The first-order valence-electron chi connectivity index (χ1n) is 11.2. The van der Waals surface area contributed by atoms with Crippen molar-refractivity contribution in [2.75, 3.05) is 6.54 Å². The van der Waals surface area contributed by atoms with Gasteiger partial charge in [-0.1, -0.05) is 66.9 Å². The van der Waals surface area contributed by atoms with Crippen molar-refractivity contribution in [1.29, 1.82) is 0 Å². The van der Waals surface area contributed by atoms with E-state index in [4.69, 9.17) is 16.7 Å². The Morgan fingerprint density at radius 3 is 2.56 bits per heavy atom. The summed E-state index contributed by atoms with van der Waals surface area (Å²) in [5.74, 6) is -0.621. The van der Waals surface area contributed by atoms with Gasteiger partial charge in [-0.15, -0.1) is 0 Å². The molecule has 32 heavy (non-hydrogen) atoms. The molecular formula is C26H30ClNO4. The zero-order chi connectivity index (χ0) is 22.9. The third kappa shape index (κ3) is 6.94. The van der Waals surface area contributed by atoms with Gasteiger partial charge >= 0.3 is 5.97 Å². The van der Waals surface area contributed by atoms with E-state index in [-0.39, 0.29) is 18.4 Å². The number of likely N-dealkylation sites (tertiary alicyclic amines) is 1. The minimum absolute atomic E-state index is 0.00715. The van der Waals surface area contributed by atoms with E-state index in [0.717, 1.165) is 42.4 Å². The Kier molecular flexibility index (Phi) is 8.89. The molecule has 0 saturated carbocycles. The van der Waals surface area contributed by atoms with Gasteiger partial charge in [0.05, 0.1) is 12.1 Å². The fraction of sp³-hybridized carbons (Fsp3) is 0.385. The Morgan fingerprint density at radius 2 is 1.81 bits per heavy atom. The Morgan fingerprint density at radius 1 is 1.09 bits per heavy atom. The first-order valence-corrected chi connectivity index (χ1v) is 11.6. The number of aliphatic carboxylic acids is 1. The first-order chi connectivity index (χ1) is 15.4. The SMILES string of the molecule is O=C(O)CCCCCCN1C(=O)CCC1C=C[C@@H](O)c1cccc(-c2cccc(Cl)c2)c1. The monoisotopic (exact) mass is 455 g/mol. The van der Waals surface area contributed by atoms with Crippen LogP contribution < -0.4 is 0 Å². The first kappa shape index (κ1) is 24.0. The molecule has 0 bridgehead atoms. The lowest BCUT2D eigenvalue weighted by atomic mass is 10.00. The molecule has 2 aromatic carbocycles. The van der Waals surface area contributed by atoms with E-state index >= 15 is 0 Å². The van der Waals surface area contributed by atoms with Gasteiger partial charge in [0, 0.05) is 24.4 Å². The van der Waals surface area contributed by atoms with Crippen LogP contribution in [0.15, 0.2) is 60.7 Å². The number of benzene rings is 2. The summed E-state index contributed by atoms with van der Waals surface area (Å²) in [7, 11) is 0. The van der Waals surface area contributed by atoms with Gasteiger partial charge in [0.25, 0.3) is 0 Å². The van der Waals surface area contributed by atoms with E-state index in [1.165, 1.54) is 0 Å². The highest BCUT2D eigenvalue weighted by Gasteiger charge is 2.28. The van der Waals surface area contributed by atoms with Crippen molar-refractivity contribution in [3.05, 3.63) is 71.3 Å². The topological polar surface area (TPSA) is 77.8 Å². The van der Waals surface area contributed by atoms with Crippen LogP contribution in [0, 0.1) is 0 Å². The molecule has 6 heteroatoms. The van der Waals surface area contributed by atoms with Crippen LogP contribution in [0.3, 0.4) is 0 Å². The lowest BCUT2D eigenvalue weighted by Crippen LogP contribution is -2.32. The number of carbonyl (C=O) groups excluding carboxylic acids is 1. The summed E-state index contributed by atoms with van der Waals surface area (Å²) in [6, 6.07) is 15.3. The van der Waals surface area contributed by atoms with Crippen molar-refractivity contribution >= 4 is 23.5 Å². The summed E-state index contributed by atoms with van der Waals surface area (Å²) in [6.45, 7) is 0.668.